The van der Waals surface area contributed by atoms with Crippen molar-refractivity contribution in [2.75, 3.05) is 13.1 Å². The van der Waals surface area contributed by atoms with Gasteiger partial charge in [0, 0.05) is 13.1 Å². The first-order valence-corrected chi connectivity index (χ1v) is 7.94. The van der Waals surface area contributed by atoms with E-state index in [-0.39, 0.29) is 17.4 Å². The van der Waals surface area contributed by atoms with Gasteiger partial charge in [-0.2, -0.15) is 0 Å². The molecule has 0 aromatic heterocycles. The zero-order valence-electron chi connectivity index (χ0n) is 13.7. The normalized spacial score (nSPS) is 24.2. The summed E-state index contributed by atoms with van der Waals surface area (Å²) in [5.41, 5.74) is 0.183. The fourth-order valence-electron chi connectivity index (χ4n) is 2.47. The van der Waals surface area contributed by atoms with Crippen molar-refractivity contribution in [1.82, 2.24) is 10.6 Å². The Kier molecular flexibility index (Phi) is 6.49. The summed E-state index contributed by atoms with van der Waals surface area (Å²) in [5, 5.41) is 14.8. The fourth-order valence-corrected chi connectivity index (χ4v) is 2.47. The van der Waals surface area contributed by atoms with Gasteiger partial charge in [0.2, 0.25) is 0 Å². The minimum absolute atomic E-state index is 0.119. The van der Waals surface area contributed by atoms with E-state index in [1.54, 1.807) is 0 Å². The molecule has 0 radical (unpaired) electrons. The molecular weight excluding hydrogens is 268 g/mol. The first-order valence-electron chi connectivity index (χ1n) is 7.94. The van der Waals surface area contributed by atoms with Crippen molar-refractivity contribution in [3.05, 3.63) is 0 Å². The standard InChI is InChI=1S/C16H30N2O3/c1-11(16(2,3)4)9-17-15(21)18-10-12-5-7-13(8-6-12)14(19)20/h11-13H,5-10H2,1-4H3,(H,19,20)(H2,17,18,21). The summed E-state index contributed by atoms with van der Waals surface area (Å²) >= 11 is 0. The summed E-state index contributed by atoms with van der Waals surface area (Å²) in [4.78, 5) is 22.7. The minimum Gasteiger partial charge on any atom is -0.481 e. The van der Waals surface area contributed by atoms with Crippen molar-refractivity contribution < 1.29 is 14.7 Å². The summed E-state index contributed by atoms with van der Waals surface area (Å²) in [6, 6.07) is -0.119. The molecule has 1 unspecified atom stereocenters. The number of carbonyl (C=O) groups is 2. The van der Waals surface area contributed by atoms with Crippen LogP contribution in [0.4, 0.5) is 4.79 Å². The molecule has 0 heterocycles. The molecule has 0 saturated heterocycles. The third-order valence-electron chi connectivity index (χ3n) is 4.79. The van der Waals surface area contributed by atoms with E-state index in [9.17, 15) is 9.59 Å². The van der Waals surface area contributed by atoms with Gasteiger partial charge in [-0.3, -0.25) is 4.79 Å². The lowest BCUT2D eigenvalue weighted by Crippen LogP contribution is -2.42. The molecule has 0 bridgehead atoms. The SMILES string of the molecule is CC(CNC(=O)NCC1CCC(C(=O)O)CC1)C(C)(C)C. The van der Waals surface area contributed by atoms with Crippen LogP contribution in [0.1, 0.15) is 53.4 Å². The Labute approximate surface area is 127 Å². The second-order valence-electron chi connectivity index (χ2n) is 7.41. The van der Waals surface area contributed by atoms with Crippen LogP contribution in [0.2, 0.25) is 0 Å². The molecule has 1 fully saturated rings. The highest BCUT2D eigenvalue weighted by atomic mass is 16.4. The smallest absolute Gasteiger partial charge is 0.314 e. The van der Waals surface area contributed by atoms with Crippen LogP contribution >= 0.6 is 0 Å². The van der Waals surface area contributed by atoms with Crippen molar-refractivity contribution >= 4 is 12.0 Å². The highest BCUT2D eigenvalue weighted by molar-refractivity contribution is 5.73. The molecule has 0 aromatic carbocycles. The Morgan fingerprint density at radius 1 is 1.14 bits per heavy atom. The van der Waals surface area contributed by atoms with Crippen molar-refractivity contribution in [1.29, 1.82) is 0 Å². The van der Waals surface area contributed by atoms with E-state index in [4.69, 9.17) is 5.11 Å². The molecule has 1 aliphatic carbocycles. The molecule has 1 aliphatic rings. The van der Waals surface area contributed by atoms with Crippen LogP contribution in [-0.4, -0.2) is 30.2 Å². The Hall–Kier alpha value is -1.26. The highest BCUT2D eigenvalue weighted by Gasteiger charge is 2.26. The number of carboxylic acid groups (broad SMARTS) is 1. The Balaban J connectivity index is 2.18. The van der Waals surface area contributed by atoms with Crippen LogP contribution in [0, 0.1) is 23.2 Å². The Bertz CT molecular complexity index is 355. The fraction of sp³-hybridized carbons (Fsp3) is 0.875. The van der Waals surface area contributed by atoms with E-state index in [0.29, 0.717) is 24.9 Å². The van der Waals surface area contributed by atoms with E-state index in [2.05, 4.69) is 38.3 Å². The maximum atomic E-state index is 11.8. The van der Waals surface area contributed by atoms with Gasteiger partial charge < -0.3 is 15.7 Å². The van der Waals surface area contributed by atoms with Crippen LogP contribution in [0.15, 0.2) is 0 Å². The van der Waals surface area contributed by atoms with E-state index in [0.717, 1.165) is 25.7 Å². The monoisotopic (exact) mass is 298 g/mol. The quantitative estimate of drug-likeness (QED) is 0.730. The summed E-state index contributed by atoms with van der Waals surface area (Å²) in [6.45, 7) is 9.94. The summed E-state index contributed by atoms with van der Waals surface area (Å²) < 4.78 is 0. The van der Waals surface area contributed by atoms with Crippen molar-refractivity contribution in [3.8, 4) is 0 Å². The van der Waals surface area contributed by atoms with Gasteiger partial charge in [-0.15, -0.1) is 0 Å². The number of carboxylic acids is 1. The van der Waals surface area contributed by atoms with Crippen LogP contribution in [0.25, 0.3) is 0 Å². The van der Waals surface area contributed by atoms with Gasteiger partial charge >= 0.3 is 12.0 Å². The summed E-state index contributed by atoms with van der Waals surface area (Å²) in [5.74, 6) is -0.0568. The molecule has 0 spiro atoms. The van der Waals surface area contributed by atoms with Gasteiger partial charge in [-0.05, 0) is 42.9 Å². The number of hydrogen-bond donors (Lipinski definition) is 3. The molecule has 5 nitrogen and oxygen atoms in total. The molecule has 3 N–H and O–H groups in total. The van der Waals surface area contributed by atoms with E-state index < -0.39 is 5.97 Å². The van der Waals surface area contributed by atoms with Gasteiger partial charge in [0.05, 0.1) is 5.92 Å². The molecule has 0 aromatic rings. The van der Waals surface area contributed by atoms with Crippen LogP contribution in [0.3, 0.4) is 0 Å². The highest BCUT2D eigenvalue weighted by Crippen LogP contribution is 2.28. The van der Waals surface area contributed by atoms with Gasteiger partial charge in [0.15, 0.2) is 0 Å². The van der Waals surface area contributed by atoms with Gasteiger partial charge in [-0.25, -0.2) is 4.79 Å². The summed E-state index contributed by atoms with van der Waals surface area (Å²) in [7, 11) is 0. The number of rotatable bonds is 5. The molecule has 1 rings (SSSR count). The number of urea groups is 1. The van der Waals surface area contributed by atoms with Crippen molar-refractivity contribution in [2.45, 2.75) is 53.4 Å². The average molecular weight is 298 g/mol. The van der Waals surface area contributed by atoms with E-state index in [1.165, 1.54) is 0 Å². The molecule has 2 amide bonds. The van der Waals surface area contributed by atoms with Crippen LogP contribution < -0.4 is 10.6 Å². The summed E-state index contributed by atoms with van der Waals surface area (Å²) in [6.07, 6.45) is 3.22. The lowest BCUT2D eigenvalue weighted by Gasteiger charge is -2.28. The zero-order valence-corrected chi connectivity index (χ0v) is 13.7. The first kappa shape index (κ1) is 17.8. The molecule has 5 heteroatoms. The van der Waals surface area contributed by atoms with E-state index in [1.807, 2.05) is 0 Å². The lowest BCUT2D eigenvalue weighted by atomic mass is 9.82. The second-order valence-corrected chi connectivity index (χ2v) is 7.41. The topological polar surface area (TPSA) is 78.4 Å². The van der Waals surface area contributed by atoms with Crippen LogP contribution in [-0.2, 0) is 4.79 Å². The van der Waals surface area contributed by atoms with Gasteiger partial charge in [0.25, 0.3) is 0 Å². The Morgan fingerprint density at radius 3 is 2.19 bits per heavy atom. The van der Waals surface area contributed by atoms with E-state index >= 15 is 0 Å². The second kappa shape index (κ2) is 7.66. The van der Waals surface area contributed by atoms with Gasteiger partial charge in [-0.1, -0.05) is 27.7 Å². The first-order chi connectivity index (χ1) is 9.70. The number of carbonyl (C=O) groups excluding carboxylic acids is 1. The zero-order chi connectivity index (χ0) is 16.0. The van der Waals surface area contributed by atoms with Gasteiger partial charge in [0.1, 0.15) is 0 Å². The third-order valence-corrected chi connectivity index (χ3v) is 4.79. The average Bonchev–Trinajstić information content (AvgIpc) is 2.41. The number of aliphatic carboxylic acids is 1. The molecule has 1 saturated carbocycles. The molecule has 1 atom stereocenters. The predicted octanol–water partition coefficient (Wildman–Crippen LogP) is 2.86. The number of amides is 2. The number of hydrogen-bond acceptors (Lipinski definition) is 2. The number of nitrogens with one attached hydrogen (secondary N) is 2. The lowest BCUT2D eigenvalue weighted by molar-refractivity contribution is -0.143. The molecule has 122 valence electrons. The molecule has 21 heavy (non-hydrogen) atoms. The largest absolute Gasteiger partial charge is 0.481 e. The van der Waals surface area contributed by atoms with Crippen LogP contribution in [0.5, 0.6) is 0 Å². The Morgan fingerprint density at radius 2 is 1.71 bits per heavy atom. The third kappa shape index (κ3) is 6.36. The predicted molar refractivity (Wildman–Crippen MR) is 83.1 cm³/mol. The maximum absolute atomic E-state index is 11.8. The maximum Gasteiger partial charge on any atom is 0.314 e. The van der Waals surface area contributed by atoms with Crippen molar-refractivity contribution in [3.63, 3.8) is 0 Å². The molecular formula is C16H30N2O3. The van der Waals surface area contributed by atoms with Crippen molar-refractivity contribution in [2.24, 2.45) is 23.2 Å². The molecule has 0 aliphatic heterocycles. The minimum atomic E-state index is -0.685.